The molecular formula is C11H13BO5. The minimum absolute atomic E-state index is 0.0547. The van der Waals surface area contributed by atoms with Crippen LogP contribution in [0.4, 0.5) is 0 Å². The first kappa shape index (κ1) is 10.9. The Bertz CT molecular complexity index is 374. The molecule has 0 bridgehead atoms. The molecule has 1 aromatic carbocycles. The minimum atomic E-state index is -0.533. The zero-order valence-corrected chi connectivity index (χ0v) is 9.50. The topological polar surface area (TPSA) is 46.2 Å². The van der Waals surface area contributed by atoms with Crippen molar-refractivity contribution in [2.75, 3.05) is 20.3 Å². The highest BCUT2D eigenvalue weighted by Crippen LogP contribution is 2.35. The Morgan fingerprint density at radius 2 is 2.00 bits per heavy atom. The highest BCUT2D eigenvalue weighted by molar-refractivity contribution is 6.46. The molecular weight excluding hydrogens is 223 g/mol. The second-order valence-corrected chi connectivity index (χ2v) is 3.97. The molecule has 90 valence electrons. The Kier molecular flexibility index (Phi) is 2.92. The molecule has 1 atom stereocenters. The van der Waals surface area contributed by atoms with Crippen LogP contribution in [0, 0.1) is 0 Å². The summed E-state index contributed by atoms with van der Waals surface area (Å²) in [4.78, 5) is 0. The van der Waals surface area contributed by atoms with Gasteiger partial charge in [0.2, 0.25) is 0 Å². The van der Waals surface area contributed by atoms with Gasteiger partial charge in [-0.25, -0.2) is 0 Å². The van der Waals surface area contributed by atoms with Gasteiger partial charge in [-0.1, -0.05) is 12.1 Å². The van der Waals surface area contributed by atoms with Crippen LogP contribution in [-0.2, 0) is 14.0 Å². The molecule has 1 aromatic rings. The van der Waals surface area contributed by atoms with Crippen molar-refractivity contribution in [3.63, 3.8) is 0 Å². The number of hydrogen-bond acceptors (Lipinski definition) is 5. The van der Waals surface area contributed by atoms with Crippen molar-refractivity contribution in [2.24, 2.45) is 0 Å². The lowest BCUT2D eigenvalue weighted by molar-refractivity contribution is 0.0666. The van der Waals surface area contributed by atoms with Gasteiger partial charge in [0.05, 0.1) is 19.3 Å². The summed E-state index contributed by atoms with van der Waals surface area (Å²) in [6, 6.07) is 7.51. The summed E-state index contributed by atoms with van der Waals surface area (Å²) in [5.74, 6) is 1.44. The van der Waals surface area contributed by atoms with Crippen LogP contribution in [0.25, 0.3) is 0 Å². The molecule has 0 N–H and O–H groups in total. The molecule has 1 unspecified atom stereocenters. The molecule has 0 radical (unpaired) electrons. The van der Waals surface area contributed by atoms with Crippen molar-refractivity contribution in [1.29, 1.82) is 0 Å². The summed E-state index contributed by atoms with van der Waals surface area (Å²) in [6.07, 6.45) is -0.588. The Hall–Kier alpha value is -1.24. The van der Waals surface area contributed by atoms with E-state index in [-0.39, 0.29) is 6.10 Å². The quantitative estimate of drug-likeness (QED) is 0.728. The van der Waals surface area contributed by atoms with E-state index in [9.17, 15) is 0 Å². The van der Waals surface area contributed by atoms with Crippen molar-refractivity contribution in [3.05, 3.63) is 24.3 Å². The Labute approximate surface area is 99.7 Å². The fourth-order valence-electron chi connectivity index (χ4n) is 1.92. The molecule has 2 heterocycles. The molecule has 17 heavy (non-hydrogen) atoms. The van der Waals surface area contributed by atoms with E-state index in [1.54, 1.807) is 7.11 Å². The minimum Gasteiger partial charge on any atom is -0.452 e. The molecule has 2 aliphatic heterocycles. The van der Waals surface area contributed by atoms with Gasteiger partial charge in [0.25, 0.3) is 6.19 Å². The van der Waals surface area contributed by atoms with E-state index in [1.807, 2.05) is 24.3 Å². The molecule has 0 saturated carbocycles. The number of benzene rings is 1. The lowest BCUT2D eigenvalue weighted by Crippen LogP contribution is -2.40. The van der Waals surface area contributed by atoms with Gasteiger partial charge >= 0.3 is 7.12 Å². The van der Waals surface area contributed by atoms with Crippen LogP contribution in [0.15, 0.2) is 24.3 Å². The first-order chi connectivity index (χ1) is 8.36. The van der Waals surface area contributed by atoms with E-state index in [1.165, 1.54) is 0 Å². The standard InChI is InChI=1S/C11H13BO5/c1-13-6-8-7-14-12(17-8)11-15-9-4-2-3-5-10(9)16-11/h2-5,8,11H,6-7H2,1H3. The first-order valence-corrected chi connectivity index (χ1v) is 5.55. The van der Waals surface area contributed by atoms with Crippen LogP contribution in [0.3, 0.4) is 0 Å². The predicted molar refractivity (Wildman–Crippen MR) is 59.9 cm³/mol. The molecule has 1 fully saturated rings. The van der Waals surface area contributed by atoms with Crippen molar-refractivity contribution in [3.8, 4) is 11.5 Å². The van der Waals surface area contributed by atoms with Gasteiger partial charge in [0, 0.05) is 7.11 Å². The smallest absolute Gasteiger partial charge is 0.452 e. The van der Waals surface area contributed by atoms with Gasteiger partial charge in [-0.3, -0.25) is 0 Å². The zero-order valence-electron chi connectivity index (χ0n) is 9.50. The van der Waals surface area contributed by atoms with Gasteiger partial charge in [0.15, 0.2) is 11.5 Å². The van der Waals surface area contributed by atoms with E-state index in [0.29, 0.717) is 13.2 Å². The molecule has 6 heteroatoms. The average molecular weight is 236 g/mol. The van der Waals surface area contributed by atoms with Crippen LogP contribution in [0.5, 0.6) is 11.5 Å². The Morgan fingerprint density at radius 1 is 1.29 bits per heavy atom. The number of methoxy groups -OCH3 is 1. The average Bonchev–Trinajstić information content (AvgIpc) is 2.94. The van der Waals surface area contributed by atoms with E-state index < -0.39 is 13.3 Å². The molecule has 1 saturated heterocycles. The maximum atomic E-state index is 5.62. The van der Waals surface area contributed by atoms with Crippen LogP contribution < -0.4 is 9.47 Å². The third-order valence-electron chi connectivity index (χ3n) is 2.68. The maximum Gasteiger partial charge on any atom is 0.548 e. The summed E-state index contributed by atoms with van der Waals surface area (Å²) in [7, 11) is 1.14. The van der Waals surface area contributed by atoms with Crippen LogP contribution in [-0.4, -0.2) is 39.7 Å². The summed E-state index contributed by atoms with van der Waals surface area (Å²) in [5.41, 5.74) is 0. The summed E-state index contributed by atoms with van der Waals surface area (Å²) in [6.45, 7) is 1.01. The number of para-hydroxylation sites is 2. The third-order valence-corrected chi connectivity index (χ3v) is 2.68. The molecule has 0 aliphatic carbocycles. The Balaban J connectivity index is 1.62. The maximum absolute atomic E-state index is 5.62. The van der Waals surface area contributed by atoms with E-state index in [4.69, 9.17) is 23.5 Å². The number of hydrogen-bond donors (Lipinski definition) is 0. The largest absolute Gasteiger partial charge is 0.548 e. The van der Waals surface area contributed by atoms with Gasteiger partial charge in [-0.05, 0) is 12.1 Å². The molecule has 5 nitrogen and oxygen atoms in total. The molecule has 0 spiro atoms. The highest BCUT2D eigenvalue weighted by Gasteiger charge is 2.45. The normalized spacial score (nSPS) is 23.4. The zero-order chi connectivity index (χ0) is 11.7. The fourth-order valence-corrected chi connectivity index (χ4v) is 1.92. The van der Waals surface area contributed by atoms with Gasteiger partial charge in [-0.2, -0.15) is 0 Å². The SMILES string of the molecule is COCC1COB(C2Oc3ccccc3O2)O1. The number of fused-ring (bicyclic) bond motifs is 1. The summed E-state index contributed by atoms with van der Waals surface area (Å²) in [5, 5.41) is 0. The van der Waals surface area contributed by atoms with E-state index in [2.05, 4.69) is 0 Å². The van der Waals surface area contributed by atoms with Gasteiger partial charge in [0.1, 0.15) is 0 Å². The molecule has 0 amide bonds. The molecule has 3 rings (SSSR count). The van der Waals surface area contributed by atoms with Crippen molar-refractivity contribution < 1.29 is 23.5 Å². The summed E-state index contributed by atoms with van der Waals surface area (Å²) < 4.78 is 27.3. The van der Waals surface area contributed by atoms with Crippen LogP contribution in [0.1, 0.15) is 0 Å². The first-order valence-electron chi connectivity index (χ1n) is 5.55. The van der Waals surface area contributed by atoms with E-state index >= 15 is 0 Å². The number of ether oxygens (including phenoxy) is 3. The molecule has 2 aliphatic rings. The third kappa shape index (κ3) is 2.11. The fraction of sp³-hybridized carbons (Fsp3) is 0.455. The van der Waals surface area contributed by atoms with Gasteiger partial charge < -0.3 is 23.5 Å². The van der Waals surface area contributed by atoms with Crippen LogP contribution in [0.2, 0.25) is 0 Å². The number of rotatable bonds is 3. The molecule has 0 aromatic heterocycles. The van der Waals surface area contributed by atoms with E-state index in [0.717, 1.165) is 11.5 Å². The predicted octanol–water partition coefficient (Wildman–Crippen LogP) is 0.873. The lowest BCUT2D eigenvalue weighted by atomic mass is 9.90. The van der Waals surface area contributed by atoms with Crippen molar-refractivity contribution in [1.82, 2.24) is 0 Å². The van der Waals surface area contributed by atoms with Crippen molar-refractivity contribution in [2.45, 2.75) is 12.3 Å². The second kappa shape index (κ2) is 4.56. The Morgan fingerprint density at radius 3 is 2.65 bits per heavy atom. The monoisotopic (exact) mass is 236 g/mol. The lowest BCUT2D eigenvalue weighted by Gasteiger charge is -2.12. The van der Waals surface area contributed by atoms with Gasteiger partial charge in [-0.15, -0.1) is 0 Å². The summed E-state index contributed by atoms with van der Waals surface area (Å²) >= 11 is 0. The second-order valence-electron chi connectivity index (χ2n) is 3.97. The van der Waals surface area contributed by atoms with Crippen LogP contribution >= 0.6 is 0 Å². The van der Waals surface area contributed by atoms with Crippen molar-refractivity contribution >= 4 is 7.12 Å². The highest BCUT2D eigenvalue weighted by atomic mass is 16.8.